The highest BCUT2D eigenvalue weighted by molar-refractivity contribution is 6.30. The zero-order valence-corrected chi connectivity index (χ0v) is 19.6. The number of carbonyl (C=O) groups is 2. The van der Waals surface area contributed by atoms with Gasteiger partial charge in [0.25, 0.3) is 0 Å². The van der Waals surface area contributed by atoms with Crippen LogP contribution in [0.25, 0.3) is 10.9 Å². The van der Waals surface area contributed by atoms with E-state index in [0.717, 1.165) is 46.7 Å². The number of H-pyrrole nitrogens is 1. The number of carboxylic acid groups (broad SMARTS) is 1. The molecule has 1 aliphatic heterocycles. The fraction of sp³-hybridized carbons (Fsp3) is 0.360. The molecule has 1 aromatic heterocycles. The van der Waals surface area contributed by atoms with Crippen LogP contribution in [0.3, 0.4) is 0 Å². The quantitative estimate of drug-likeness (QED) is 0.479. The lowest BCUT2D eigenvalue weighted by atomic mass is 10.0. The summed E-state index contributed by atoms with van der Waals surface area (Å²) < 4.78 is 0. The van der Waals surface area contributed by atoms with Crippen molar-refractivity contribution < 1.29 is 14.7 Å². The maximum atomic E-state index is 12.3. The Morgan fingerprint density at radius 1 is 1.12 bits per heavy atom. The molecule has 174 valence electrons. The van der Waals surface area contributed by atoms with Gasteiger partial charge in [0.05, 0.1) is 0 Å². The standard InChI is InChI=1S/C25H29ClN4O3/c1-16(2)24(31)28-19-6-7-20-21(14-27-22(20)13-19)23(25(32)33)30-10-8-29(9-11-30)15-17-4-3-5-18(26)12-17/h3-7,12-14,16,23,27H,8-11,15H2,1-2H3,(H,28,31)(H,32,33)/t23-/m0/s1. The van der Waals surface area contributed by atoms with E-state index in [1.807, 2.05) is 55.1 Å². The van der Waals surface area contributed by atoms with Gasteiger partial charge in [-0.1, -0.05) is 43.6 Å². The minimum Gasteiger partial charge on any atom is -0.480 e. The Morgan fingerprint density at radius 2 is 1.88 bits per heavy atom. The summed E-state index contributed by atoms with van der Waals surface area (Å²) in [5.74, 6) is -1.04. The molecule has 1 fully saturated rings. The number of nitrogens with one attached hydrogen (secondary N) is 2. The molecule has 1 saturated heterocycles. The van der Waals surface area contributed by atoms with Gasteiger partial charge in [0.15, 0.2) is 0 Å². The van der Waals surface area contributed by atoms with Gasteiger partial charge in [-0.05, 0) is 29.8 Å². The molecule has 0 spiro atoms. The van der Waals surface area contributed by atoms with E-state index in [1.54, 1.807) is 6.20 Å². The molecule has 2 aromatic carbocycles. The average Bonchev–Trinajstić information content (AvgIpc) is 3.17. The lowest BCUT2D eigenvalue weighted by molar-refractivity contribution is -0.144. The van der Waals surface area contributed by atoms with Gasteiger partial charge in [-0.2, -0.15) is 0 Å². The van der Waals surface area contributed by atoms with Crippen LogP contribution in [0.15, 0.2) is 48.7 Å². The van der Waals surface area contributed by atoms with Gasteiger partial charge in [0.1, 0.15) is 6.04 Å². The summed E-state index contributed by atoms with van der Waals surface area (Å²) in [5.41, 5.74) is 3.39. The van der Waals surface area contributed by atoms with Crippen molar-refractivity contribution in [2.75, 3.05) is 31.5 Å². The van der Waals surface area contributed by atoms with Gasteiger partial charge in [-0.25, -0.2) is 0 Å². The Bertz CT molecular complexity index is 1150. The van der Waals surface area contributed by atoms with Crippen LogP contribution in [0.1, 0.15) is 31.0 Å². The second-order valence-corrected chi connectivity index (χ2v) is 9.27. The number of halogens is 1. The van der Waals surface area contributed by atoms with Crippen molar-refractivity contribution in [1.29, 1.82) is 0 Å². The smallest absolute Gasteiger partial charge is 0.325 e. The fourth-order valence-electron chi connectivity index (χ4n) is 4.30. The van der Waals surface area contributed by atoms with Crippen LogP contribution >= 0.6 is 11.6 Å². The number of amides is 1. The Kier molecular flexibility index (Phi) is 7.02. The monoisotopic (exact) mass is 468 g/mol. The van der Waals surface area contributed by atoms with Crippen LogP contribution in [0.5, 0.6) is 0 Å². The fourth-order valence-corrected chi connectivity index (χ4v) is 4.51. The number of carbonyl (C=O) groups excluding carboxylic acids is 1. The Labute approximate surface area is 198 Å². The summed E-state index contributed by atoms with van der Waals surface area (Å²) >= 11 is 6.10. The van der Waals surface area contributed by atoms with E-state index < -0.39 is 12.0 Å². The molecule has 0 unspecified atom stereocenters. The number of benzene rings is 2. The number of rotatable bonds is 7. The normalized spacial score (nSPS) is 16.2. The van der Waals surface area contributed by atoms with Gasteiger partial charge < -0.3 is 15.4 Å². The van der Waals surface area contributed by atoms with Crippen LogP contribution in [-0.4, -0.2) is 57.9 Å². The number of aromatic amines is 1. The zero-order valence-electron chi connectivity index (χ0n) is 18.8. The number of carboxylic acids is 1. The van der Waals surface area contributed by atoms with Gasteiger partial charge in [-0.3, -0.25) is 19.4 Å². The largest absolute Gasteiger partial charge is 0.480 e. The number of aromatic nitrogens is 1. The van der Waals surface area contributed by atoms with Crippen LogP contribution < -0.4 is 5.32 Å². The molecule has 1 amide bonds. The number of nitrogens with zero attached hydrogens (tertiary/aromatic N) is 2. The second-order valence-electron chi connectivity index (χ2n) is 8.83. The van der Waals surface area contributed by atoms with Gasteiger partial charge >= 0.3 is 5.97 Å². The molecule has 33 heavy (non-hydrogen) atoms. The molecule has 1 atom stereocenters. The van der Waals surface area contributed by atoms with E-state index in [4.69, 9.17) is 11.6 Å². The van der Waals surface area contributed by atoms with Gasteiger partial charge in [-0.15, -0.1) is 0 Å². The first-order valence-corrected chi connectivity index (χ1v) is 11.5. The van der Waals surface area contributed by atoms with Crippen molar-refractivity contribution >= 4 is 40.1 Å². The predicted molar refractivity (Wildman–Crippen MR) is 130 cm³/mol. The highest BCUT2D eigenvalue weighted by Crippen LogP contribution is 2.31. The first-order valence-electron chi connectivity index (χ1n) is 11.2. The predicted octanol–water partition coefficient (Wildman–Crippen LogP) is 4.36. The molecule has 3 N–H and O–H groups in total. The number of fused-ring (bicyclic) bond motifs is 1. The summed E-state index contributed by atoms with van der Waals surface area (Å²) in [6.45, 7) is 7.36. The van der Waals surface area contributed by atoms with Crippen LogP contribution in [0, 0.1) is 5.92 Å². The Morgan fingerprint density at radius 3 is 2.55 bits per heavy atom. The Balaban J connectivity index is 1.47. The van der Waals surface area contributed by atoms with E-state index in [2.05, 4.69) is 21.3 Å². The number of hydrogen-bond donors (Lipinski definition) is 3. The number of hydrogen-bond acceptors (Lipinski definition) is 4. The topological polar surface area (TPSA) is 88.7 Å². The van der Waals surface area contributed by atoms with E-state index in [0.29, 0.717) is 18.8 Å². The molecule has 3 aromatic rings. The molecule has 1 aliphatic rings. The van der Waals surface area contributed by atoms with Crippen molar-refractivity contribution in [3.63, 3.8) is 0 Å². The van der Waals surface area contributed by atoms with Crippen molar-refractivity contribution in [3.05, 3.63) is 64.8 Å². The molecule has 0 bridgehead atoms. The second kappa shape index (κ2) is 9.95. The van der Waals surface area contributed by atoms with Crippen molar-refractivity contribution in [2.24, 2.45) is 5.92 Å². The van der Waals surface area contributed by atoms with Crippen molar-refractivity contribution in [2.45, 2.75) is 26.4 Å². The van der Waals surface area contributed by atoms with Crippen molar-refractivity contribution in [1.82, 2.24) is 14.8 Å². The molecule has 4 rings (SSSR count). The third-order valence-corrected chi connectivity index (χ3v) is 6.34. The molecule has 8 heteroatoms. The summed E-state index contributed by atoms with van der Waals surface area (Å²) in [7, 11) is 0. The number of anilines is 1. The van der Waals surface area contributed by atoms with Crippen LogP contribution in [0.2, 0.25) is 5.02 Å². The van der Waals surface area contributed by atoms with E-state index >= 15 is 0 Å². The lowest BCUT2D eigenvalue weighted by Gasteiger charge is -2.37. The minimum absolute atomic E-state index is 0.0554. The average molecular weight is 469 g/mol. The van der Waals surface area contributed by atoms with Crippen molar-refractivity contribution in [3.8, 4) is 0 Å². The maximum Gasteiger partial charge on any atom is 0.325 e. The molecule has 0 aliphatic carbocycles. The SMILES string of the molecule is CC(C)C(=O)Nc1ccc2c([C@@H](C(=O)O)N3CCN(Cc4cccc(Cl)c4)CC3)c[nH]c2c1. The molecule has 2 heterocycles. The molecule has 7 nitrogen and oxygen atoms in total. The van der Waals surface area contributed by atoms with E-state index in [1.165, 1.54) is 0 Å². The minimum atomic E-state index is -0.864. The summed E-state index contributed by atoms with van der Waals surface area (Å²) in [5, 5.41) is 14.5. The van der Waals surface area contributed by atoms with Gasteiger partial charge in [0.2, 0.25) is 5.91 Å². The number of piperazine rings is 1. The Hall–Kier alpha value is -2.87. The van der Waals surface area contributed by atoms with Gasteiger partial charge in [0, 0.05) is 72.0 Å². The zero-order chi connectivity index (χ0) is 23.5. The maximum absolute atomic E-state index is 12.3. The molecular formula is C25H29ClN4O3. The highest BCUT2D eigenvalue weighted by Gasteiger charge is 2.32. The summed E-state index contributed by atoms with van der Waals surface area (Å²) in [6, 6.07) is 12.7. The first-order chi connectivity index (χ1) is 15.8. The third kappa shape index (κ3) is 5.38. The summed E-state index contributed by atoms with van der Waals surface area (Å²) in [4.78, 5) is 31.8. The van der Waals surface area contributed by atoms with Crippen LogP contribution in [0.4, 0.5) is 5.69 Å². The molecule has 0 saturated carbocycles. The lowest BCUT2D eigenvalue weighted by Crippen LogP contribution is -2.48. The highest BCUT2D eigenvalue weighted by atomic mass is 35.5. The van der Waals surface area contributed by atoms with E-state index in [9.17, 15) is 14.7 Å². The molecular weight excluding hydrogens is 440 g/mol. The summed E-state index contributed by atoms with van der Waals surface area (Å²) in [6.07, 6.45) is 1.77. The van der Waals surface area contributed by atoms with Crippen LogP contribution in [-0.2, 0) is 16.1 Å². The first kappa shape index (κ1) is 23.3. The number of aliphatic carboxylic acids is 1. The van der Waals surface area contributed by atoms with E-state index in [-0.39, 0.29) is 11.8 Å². The third-order valence-electron chi connectivity index (χ3n) is 6.10. The molecule has 0 radical (unpaired) electrons.